The quantitative estimate of drug-likeness (QED) is 0.299. The third kappa shape index (κ3) is 2.23. The lowest BCUT2D eigenvalue weighted by molar-refractivity contribution is -0.662. The van der Waals surface area contributed by atoms with Crippen molar-refractivity contribution in [2.45, 2.75) is 13.8 Å². The van der Waals surface area contributed by atoms with Crippen LogP contribution < -0.4 is 4.57 Å². The van der Waals surface area contributed by atoms with Gasteiger partial charge in [0.2, 0.25) is 0 Å². The Balaban J connectivity index is 1.73. The molecule has 6 aromatic rings. The lowest BCUT2D eigenvalue weighted by Gasteiger charge is -2.07. The van der Waals surface area contributed by atoms with Gasteiger partial charge in [0.15, 0.2) is 11.2 Å². The number of furan rings is 1. The number of fused-ring (bicyclic) bond motifs is 6. The Hall–Kier alpha value is -3.24. The van der Waals surface area contributed by atoms with Crippen LogP contribution in [0.25, 0.3) is 54.2 Å². The Morgan fingerprint density at radius 3 is 2.72 bits per heavy atom. The monoisotopic (exact) mass is 395 g/mol. The van der Waals surface area contributed by atoms with Gasteiger partial charge in [0.05, 0.1) is 7.05 Å². The first kappa shape index (κ1) is 16.7. The van der Waals surface area contributed by atoms with Crippen molar-refractivity contribution in [1.82, 2.24) is 4.98 Å². The highest BCUT2D eigenvalue weighted by atomic mass is 32.1. The predicted molar refractivity (Wildman–Crippen MR) is 120 cm³/mol. The summed E-state index contributed by atoms with van der Waals surface area (Å²) in [6.45, 7) is 4.28. The summed E-state index contributed by atoms with van der Waals surface area (Å²) < 4.78 is 9.72. The van der Waals surface area contributed by atoms with Gasteiger partial charge in [-0.3, -0.25) is 0 Å². The molecule has 6 rings (SSSR count). The van der Waals surface area contributed by atoms with E-state index < -0.39 is 0 Å². The number of aryl methyl sites for hydroxylation is 3. The van der Waals surface area contributed by atoms with Crippen LogP contribution >= 0.6 is 11.3 Å². The van der Waals surface area contributed by atoms with Crippen LogP contribution in [0.4, 0.5) is 0 Å². The fraction of sp³-hybridized carbons (Fsp3) is 0.120. The number of aromatic nitrogens is 2. The highest BCUT2D eigenvalue weighted by Gasteiger charge is 2.22. The van der Waals surface area contributed by atoms with Crippen LogP contribution in [0.5, 0.6) is 0 Å². The van der Waals surface area contributed by atoms with Gasteiger partial charge in [-0.2, -0.15) is 0 Å². The topological polar surface area (TPSA) is 29.9 Å². The molecule has 0 amide bonds. The molecule has 0 radical (unpaired) electrons. The standard InChI is InChI=1S/C25H19N2OS/c1-14-12-29-25-22(14)26-13-27(3)23(25)17-9-10-19-21-18-7-5-4-6-16(18)8-11-20(21)28-24(19)15(17)2/h4-13H,1-3H3/q+1. The summed E-state index contributed by atoms with van der Waals surface area (Å²) in [5.74, 6) is 0. The van der Waals surface area contributed by atoms with Gasteiger partial charge < -0.3 is 4.42 Å². The van der Waals surface area contributed by atoms with Crippen molar-refractivity contribution in [3.63, 3.8) is 0 Å². The Morgan fingerprint density at radius 1 is 0.966 bits per heavy atom. The number of nitrogens with zero attached hydrogens (tertiary/aromatic N) is 2. The molecule has 140 valence electrons. The molecule has 4 heteroatoms. The van der Waals surface area contributed by atoms with Crippen LogP contribution in [0, 0.1) is 13.8 Å². The molecule has 0 aliphatic rings. The van der Waals surface area contributed by atoms with Crippen LogP contribution in [0.3, 0.4) is 0 Å². The second kappa shape index (κ2) is 5.88. The minimum absolute atomic E-state index is 0.940. The normalized spacial score (nSPS) is 12.0. The number of benzene rings is 3. The molecule has 0 unspecified atom stereocenters. The molecule has 3 aromatic carbocycles. The summed E-state index contributed by atoms with van der Waals surface area (Å²) >= 11 is 1.76. The zero-order valence-corrected chi connectivity index (χ0v) is 17.3. The summed E-state index contributed by atoms with van der Waals surface area (Å²) in [5, 5.41) is 7.03. The molecular weight excluding hydrogens is 376 g/mol. The second-order valence-electron chi connectivity index (χ2n) is 7.68. The van der Waals surface area contributed by atoms with E-state index in [0.717, 1.165) is 22.2 Å². The van der Waals surface area contributed by atoms with Crippen molar-refractivity contribution < 1.29 is 8.98 Å². The summed E-state index contributed by atoms with van der Waals surface area (Å²) in [6, 6.07) is 17.2. The average Bonchev–Trinajstić information content (AvgIpc) is 3.30. The SMILES string of the molecule is Cc1csc2c(-c3ccc4c(oc5ccc6ccccc6c54)c3C)[n+](C)cnc12. The van der Waals surface area contributed by atoms with E-state index in [-0.39, 0.29) is 0 Å². The molecule has 0 bridgehead atoms. The summed E-state index contributed by atoms with van der Waals surface area (Å²) in [5.41, 5.74) is 7.76. The molecule has 29 heavy (non-hydrogen) atoms. The maximum absolute atomic E-state index is 6.39. The van der Waals surface area contributed by atoms with Crippen LogP contribution in [-0.4, -0.2) is 4.98 Å². The number of hydrogen-bond acceptors (Lipinski definition) is 3. The maximum atomic E-state index is 6.39. The molecule has 3 aromatic heterocycles. The molecule has 0 N–H and O–H groups in total. The minimum atomic E-state index is 0.940. The van der Waals surface area contributed by atoms with E-state index in [0.29, 0.717) is 0 Å². The van der Waals surface area contributed by atoms with Gasteiger partial charge in [-0.25, -0.2) is 4.57 Å². The van der Waals surface area contributed by atoms with Crippen molar-refractivity contribution in [3.05, 3.63) is 71.4 Å². The van der Waals surface area contributed by atoms with Crippen molar-refractivity contribution in [3.8, 4) is 11.3 Å². The summed E-state index contributed by atoms with van der Waals surface area (Å²) in [7, 11) is 2.06. The molecule has 0 atom stereocenters. The van der Waals surface area contributed by atoms with Crippen molar-refractivity contribution in [2.75, 3.05) is 0 Å². The zero-order valence-electron chi connectivity index (χ0n) is 16.5. The second-order valence-corrected chi connectivity index (χ2v) is 8.56. The Bertz CT molecular complexity index is 1590. The Labute approximate surface area is 171 Å². The van der Waals surface area contributed by atoms with Crippen LogP contribution in [0.2, 0.25) is 0 Å². The number of hydrogen-bond donors (Lipinski definition) is 0. The molecule has 0 saturated carbocycles. The fourth-order valence-electron chi connectivity index (χ4n) is 4.44. The minimum Gasteiger partial charge on any atom is -0.456 e. The van der Waals surface area contributed by atoms with Crippen LogP contribution in [-0.2, 0) is 7.05 Å². The van der Waals surface area contributed by atoms with E-state index >= 15 is 0 Å². The lowest BCUT2D eigenvalue weighted by atomic mass is 9.99. The van der Waals surface area contributed by atoms with Crippen LogP contribution in [0.1, 0.15) is 11.1 Å². The van der Waals surface area contributed by atoms with Gasteiger partial charge in [-0.1, -0.05) is 30.3 Å². The van der Waals surface area contributed by atoms with Gasteiger partial charge in [0, 0.05) is 27.5 Å². The number of thiophene rings is 1. The fourth-order valence-corrected chi connectivity index (χ4v) is 5.54. The first-order chi connectivity index (χ1) is 14.1. The molecular formula is C25H19N2OS+. The predicted octanol–water partition coefficient (Wildman–Crippen LogP) is 6.46. The van der Waals surface area contributed by atoms with E-state index in [1.54, 1.807) is 11.3 Å². The van der Waals surface area contributed by atoms with Gasteiger partial charge in [-0.15, -0.1) is 11.3 Å². The highest BCUT2D eigenvalue weighted by Crippen LogP contribution is 2.40. The van der Waals surface area contributed by atoms with E-state index in [1.165, 1.54) is 43.1 Å². The average molecular weight is 396 g/mol. The lowest BCUT2D eigenvalue weighted by Crippen LogP contribution is -2.31. The summed E-state index contributed by atoms with van der Waals surface area (Å²) in [4.78, 5) is 4.64. The third-order valence-electron chi connectivity index (χ3n) is 5.90. The molecule has 3 nitrogen and oxygen atoms in total. The van der Waals surface area contributed by atoms with Gasteiger partial charge in [0.1, 0.15) is 15.9 Å². The highest BCUT2D eigenvalue weighted by molar-refractivity contribution is 7.17. The molecule has 0 aliphatic heterocycles. The maximum Gasteiger partial charge on any atom is 0.287 e. The third-order valence-corrected chi connectivity index (χ3v) is 7.00. The Morgan fingerprint density at radius 2 is 1.83 bits per heavy atom. The van der Waals surface area contributed by atoms with Gasteiger partial charge in [-0.05, 0) is 53.2 Å². The zero-order chi connectivity index (χ0) is 19.7. The molecule has 0 spiro atoms. The first-order valence-corrected chi connectivity index (χ1v) is 10.6. The number of rotatable bonds is 1. The van der Waals surface area contributed by atoms with Crippen LogP contribution in [0.15, 0.2) is 64.7 Å². The van der Waals surface area contributed by atoms with Crippen molar-refractivity contribution in [1.29, 1.82) is 0 Å². The first-order valence-electron chi connectivity index (χ1n) is 9.70. The van der Waals surface area contributed by atoms with E-state index in [1.807, 2.05) is 6.33 Å². The summed E-state index contributed by atoms with van der Waals surface area (Å²) in [6.07, 6.45) is 1.91. The molecule has 0 saturated heterocycles. The van der Waals surface area contributed by atoms with Crippen molar-refractivity contribution in [2.24, 2.45) is 7.05 Å². The molecule has 0 fully saturated rings. The largest absolute Gasteiger partial charge is 0.456 e. The van der Waals surface area contributed by atoms with E-state index in [9.17, 15) is 0 Å². The van der Waals surface area contributed by atoms with Gasteiger partial charge >= 0.3 is 0 Å². The van der Waals surface area contributed by atoms with E-state index in [2.05, 4.69) is 84.4 Å². The Kier molecular flexibility index (Phi) is 3.38. The smallest absolute Gasteiger partial charge is 0.287 e. The molecule has 3 heterocycles. The van der Waals surface area contributed by atoms with Crippen molar-refractivity contribution >= 4 is 54.3 Å². The van der Waals surface area contributed by atoms with E-state index in [4.69, 9.17) is 4.42 Å². The molecule has 0 aliphatic carbocycles. The van der Waals surface area contributed by atoms with Gasteiger partial charge in [0.25, 0.3) is 6.33 Å².